The third-order valence-corrected chi connectivity index (χ3v) is 3.84. The minimum absolute atomic E-state index is 0.0531. The number of rotatable bonds is 6. The molecule has 6 heteroatoms. The van der Waals surface area contributed by atoms with Crippen LogP contribution in [0.4, 0.5) is 0 Å². The second-order valence-corrected chi connectivity index (χ2v) is 6.69. The first-order chi connectivity index (χ1) is 8.72. The molecule has 1 aromatic rings. The van der Waals surface area contributed by atoms with Crippen LogP contribution in [0.15, 0.2) is 23.1 Å². The Hall–Kier alpha value is -1.11. The van der Waals surface area contributed by atoms with Crippen molar-refractivity contribution in [3.05, 3.63) is 23.8 Å². The number of benzene rings is 1. The van der Waals surface area contributed by atoms with E-state index in [1.165, 1.54) is 6.07 Å². The Morgan fingerprint density at radius 2 is 1.95 bits per heavy atom. The Morgan fingerprint density at radius 1 is 1.32 bits per heavy atom. The Labute approximate surface area is 115 Å². The van der Waals surface area contributed by atoms with Crippen LogP contribution in [0.1, 0.15) is 26.3 Å². The fraction of sp³-hybridized carbons (Fsp3) is 0.538. The summed E-state index contributed by atoms with van der Waals surface area (Å²) in [4.78, 5) is 0.224. The molecule has 0 bridgehead atoms. The molecule has 0 aromatic heterocycles. The minimum Gasteiger partial charge on any atom is -0.491 e. The molecule has 1 atom stereocenters. The van der Waals surface area contributed by atoms with Crippen molar-refractivity contribution in [3.8, 4) is 5.75 Å². The second kappa shape index (κ2) is 6.36. The number of nitrogens with one attached hydrogen (secondary N) is 1. The van der Waals surface area contributed by atoms with Crippen molar-refractivity contribution < 1.29 is 13.2 Å². The fourth-order valence-corrected chi connectivity index (χ4v) is 2.73. The molecule has 0 saturated carbocycles. The smallest absolute Gasteiger partial charge is 0.240 e. The van der Waals surface area contributed by atoms with Gasteiger partial charge in [-0.05, 0) is 51.5 Å². The van der Waals surface area contributed by atoms with E-state index >= 15 is 0 Å². The molecule has 0 aliphatic heterocycles. The van der Waals surface area contributed by atoms with E-state index in [-0.39, 0.29) is 23.6 Å². The monoisotopic (exact) mass is 286 g/mol. The summed E-state index contributed by atoms with van der Waals surface area (Å²) in [5.41, 5.74) is 6.33. The molecule has 3 N–H and O–H groups in total. The summed E-state index contributed by atoms with van der Waals surface area (Å²) in [6.07, 6.45) is 0.0531. The van der Waals surface area contributed by atoms with E-state index in [1.807, 2.05) is 20.8 Å². The summed E-state index contributed by atoms with van der Waals surface area (Å²) in [6.45, 7) is 7.63. The normalized spacial score (nSPS) is 13.6. The maximum absolute atomic E-state index is 12.0. The van der Waals surface area contributed by atoms with Gasteiger partial charge >= 0.3 is 0 Å². The maximum atomic E-state index is 12.0. The molecule has 0 radical (unpaired) electrons. The van der Waals surface area contributed by atoms with Gasteiger partial charge < -0.3 is 10.5 Å². The zero-order chi connectivity index (χ0) is 14.6. The van der Waals surface area contributed by atoms with Crippen molar-refractivity contribution in [1.82, 2.24) is 4.72 Å². The molecule has 0 fully saturated rings. The van der Waals surface area contributed by atoms with Gasteiger partial charge in [0, 0.05) is 12.6 Å². The van der Waals surface area contributed by atoms with Gasteiger partial charge in [-0.3, -0.25) is 0 Å². The topological polar surface area (TPSA) is 81.4 Å². The SMILES string of the molecule is Cc1cc(S(=O)(=O)NCC(C)N)ccc1OC(C)C. The van der Waals surface area contributed by atoms with Gasteiger partial charge in [0.1, 0.15) is 5.75 Å². The number of hydrogen-bond acceptors (Lipinski definition) is 4. The molecule has 0 saturated heterocycles. The average molecular weight is 286 g/mol. The van der Waals surface area contributed by atoms with E-state index in [0.29, 0.717) is 5.75 Å². The summed E-state index contributed by atoms with van der Waals surface area (Å²) in [6, 6.07) is 4.59. The molecule has 5 nitrogen and oxygen atoms in total. The summed E-state index contributed by atoms with van der Waals surface area (Å²) in [5.74, 6) is 0.696. The van der Waals surface area contributed by atoms with Gasteiger partial charge in [-0.1, -0.05) is 0 Å². The standard InChI is InChI=1S/C13H22N2O3S/c1-9(2)18-13-6-5-12(7-10(13)3)19(16,17)15-8-11(4)14/h5-7,9,11,15H,8,14H2,1-4H3. The lowest BCUT2D eigenvalue weighted by atomic mass is 10.2. The molecule has 1 rings (SSSR count). The number of hydrogen-bond donors (Lipinski definition) is 2. The molecule has 1 unspecified atom stereocenters. The second-order valence-electron chi connectivity index (χ2n) is 4.92. The van der Waals surface area contributed by atoms with E-state index in [0.717, 1.165) is 5.56 Å². The lowest BCUT2D eigenvalue weighted by molar-refractivity contribution is 0.240. The molecule has 0 aliphatic rings. The highest BCUT2D eigenvalue weighted by Crippen LogP contribution is 2.22. The van der Waals surface area contributed by atoms with Crippen molar-refractivity contribution in [2.75, 3.05) is 6.54 Å². The predicted octanol–water partition coefficient (Wildman–Crippen LogP) is 1.41. The first kappa shape index (κ1) is 15.9. The van der Waals surface area contributed by atoms with Gasteiger partial charge in [-0.25, -0.2) is 13.1 Å². The number of ether oxygens (including phenoxy) is 1. The summed E-state index contributed by atoms with van der Waals surface area (Å²) in [7, 11) is -3.51. The van der Waals surface area contributed by atoms with Crippen LogP contribution in [0, 0.1) is 6.92 Å². The van der Waals surface area contributed by atoms with E-state index in [1.54, 1.807) is 19.1 Å². The molecular formula is C13H22N2O3S. The Balaban J connectivity index is 2.94. The van der Waals surface area contributed by atoms with Crippen LogP contribution in [-0.2, 0) is 10.0 Å². The van der Waals surface area contributed by atoms with Gasteiger partial charge in [0.2, 0.25) is 10.0 Å². The molecule has 19 heavy (non-hydrogen) atoms. The van der Waals surface area contributed by atoms with E-state index in [4.69, 9.17) is 10.5 Å². The lowest BCUT2D eigenvalue weighted by Gasteiger charge is -2.14. The molecule has 0 heterocycles. The Morgan fingerprint density at radius 3 is 2.42 bits per heavy atom. The van der Waals surface area contributed by atoms with Crippen molar-refractivity contribution in [2.24, 2.45) is 5.73 Å². The highest BCUT2D eigenvalue weighted by molar-refractivity contribution is 7.89. The molecule has 0 amide bonds. The van der Waals surface area contributed by atoms with Crippen LogP contribution in [0.3, 0.4) is 0 Å². The van der Waals surface area contributed by atoms with Crippen LogP contribution in [0.25, 0.3) is 0 Å². The number of sulfonamides is 1. The largest absolute Gasteiger partial charge is 0.491 e. The zero-order valence-electron chi connectivity index (χ0n) is 11.8. The van der Waals surface area contributed by atoms with Crippen molar-refractivity contribution in [2.45, 2.75) is 44.7 Å². The first-order valence-corrected chi connectivity index (χ1v) is 7.73. The molecule has 0 spiro atoms. The minimum atomic E-state index is -3.51. The van der Waals surface area contributed by atoms with Crippen LogP contribution < -0.4 is 15.2 Å². The third-order valence-electron chi connectivity index (χ3n) is 2.41. The van der Waals surface area contributed by atoms with Gasteiger partial charge in [0.15, 0.2) is 0 Å². The average Bonchev–Trinajstić information content (AvgIpc) is 2.28. The van der Waals surface area contributed by atoms with Crippen LogP contribution in [-0.4, -0.2) is 27.1 Å². The lowest BCUT2D eigenvalue weighted by Crippen LogP contribution is -2.35. The third kappa shape index (κ3) is 4.81. The van der Waals surface area contributed by atoms with Crippen molar-refractivity contribution in [1.29, 1.82) is 0 Å². The van der Waals surface area contributed by atoms with E-state index in [2.05, 4.69) is 4.72 Å². The molecule has 108 valence electrons. The maximum Gasteiger partial charge on any atom is 0.240 e. The Bertz CT molecular complexity index is 525. The van der Waals surface area contributed by atoms with Gasteiger partial charge in [0.05, 0.1) is 11.0 Å². The van der Waals surface area contributed by atoms with Gasteiger partial charge in [0.25, 0.3) is 0 Å². The zero-order valence-corrected chi connectivity index (χ0v) is 12.6. The van der Waals surface area contributed by atoms with Crippen molar-refractivity contribution >= 4 is 10.0 Å². The first-order valence-electron chi connectivity index (χ1n) is 6.25. The van der Waals surface area contributed by atoms with Gasteiger partial charge in [-0.2, -0.15) is 0 Å². The molecular weight excluding hydrogens is 264 g/mol. The highest BCUT2D eigenvalue weighted by Gasteiger charge is 2.15. The summed E-state index contributed by atoms with van der Waals surface area (Å²) >= 11 is 0. The van der Waals surface area contributed by atoms with E-state index in [9.17, 15) is 8.42 Å². The Kier molecular flexibility index (Phi) is 5.34. The number of nitrogens with two attached hydrogens (primary N) is 1. The predicted molar refractivity (Wildman–Crippen MR) is 75.8 cm³/mol. The fourth-order valence-electron chi connectivity index (χ4n) is 1.50. The van der Waals surface area contributed by atoms with Crippen LogP contribution in [0.2, 0.25) is 0 Å². The quantitative estimate of drug-likeness (QED) is 0.828. The van der Waals surface area contributed by atoms with Crippen LogP contribution in [0.5, 0.6) is 5.75 Å². The van der Waals surface area contributed by atoms with E-state index < -0.39 is 10.0 Å². The van der Waals surface area contributed by atoms with Crippen molar-refractivity contribution in [3.63, 3.8) is 0 Å². The summed E-state index contributed by atoms with van der Waals surface area (Å²) in [5, 5.41) is 0. The highest BCUT2D eigenvalue weighted by atomic mass is 32.2. The summed E-state index contributed by atoms with van der Waals surface area (Å²) < 4.78 is 32.1. The van der Waals surface area contributed by atoms with Gasteiger partial charge in [-0.15, -0.1) is 0 Å². The molecule has 1 aromatic carbocycles. The van der Waals surface area contributed by atoms with Crippen LogP contribution >= 0.6 is 0 Å². The molecule has 0 aliphatic carbocycles. The number of aryl methyl sites for hydroxylation is 1.